The summed E-state index contributed by atoms with van der Waals surface area (Å²) in [6, 6.07) is 26.4. The molecule has 3 aromatic carbocycles. The predicted molar refractivity (Wildman–Crippen MR) is 117 cm³/mol. The molecule has 0 fully saturated rings. The molecule has 30 heavy (non-hydrogen) atoms. The minimum absolute atomic E-state index is 0.0518. The van der Waals surface area contributed by atoms with Gasteiger partial charge in [-0.15, -0.1) is 0 Å². The second kappa shape index (κ2) is 11.2. The quantitative estimate of drug-likeness (QED) is 0.418. The van der Waals surface area contributed by atoms with E-state index in [1.54, 1.807) is 12.1 Å². The Labute approximate surface area is 175 Å². The Bertz CT molecular complexity index is 989. The van der Waals surface area contributed by atoms with Gasteiger partial charge in [-0.05, 0) is 35.4 Å². The molecule has 3 rings (SSSR count). The maximum atomic E-state index is 11.9. The van der Waals surface area contributed by atoms with Crippen molar-refractivity contribution in [2.45, 2.75) is 19.4 Å². The summed E-state index contributed by atoms with van der Waals surface area (Å²) in [7, 11) is 0. The molecule has 6 heteroatoms. The molecule has 0 aliphatic rings. The number of ether oxygens (including phenoxy) is 1. The van der Waals surface area contributed by atoms with Gasteiger partial charge < -0.3 is 10.1 Å². The molecule has 0 radical (unpaired) electrons. The van der Waals surface area contributed by atoms with Crippen molar-refractivity contribution >= 4 is 23.7 Å². The fourth-order valence-electron chi connectivity index (χ4n) is 2.63. The first-order valence-electron chi connectivity index (χ1n) is 9.62. The summed E-state index contributed by atoms with van der Waals surface area (Å²) in [6.07, 6.45) is 1.67. The monoisotopic (exact) mass is 401 g/mol. The lowest BCUT2D eigenvalue weighted by Gasteiger charge is -2.07. The lowest BCUT2D eigenvalue weighted by molar-refractivity contribution is -0.124. The largest absolute Gasteiger partial charge is 0.489 e. The van der Waals surface area contributed by atoms with Gasteiger partial charge in [0.05, 0.1) is 6.21 Å². The Morgan fingerprint density at radius 2 is 1.53 bits per heavy atom. The van der Waals surface area contributed by atoms with E-state index in [0.717, 1.165) is 11.1 Å². The van der Waals surface area contributed by atoms with Crippen LogP contribution >= 0.6 is 0 Å². The molecule has 6 nitrogen and oxygen atoms in total. The average Bonchev–Trinajstić information content (AvgIpc) is 2.78. The third kappa shape index (κ3) is 7.24. The number of carbonyl (C=O) groups is 2. The van der Waals surface area contributed by atoms with E-state index in [1.165, 1.54) is 6.21 Å². The van der Waals surface area contributed by atoms with Gasteiger partial charge in [0.25, 0.3) is 0 Å². The van der Waals surface area contributed by atoms with Gasteiger partial charge in [-0.2, -0.15) is 5.10 Å². The minimum Gasteiger partial charge on any atom is -0.489 e. The van der Waals surface area contributed by atoms with Gasteiger partial charge >= 0.3 is 0 Å². The number of amides is 2. The molecule has 0 bridgehead atoms. The summed E-state index contributed by atoms with van der Waals surface area (Å²) < 4.78 is 5.78. The molecule has 0 aromatic heterocycles. The van der Waals surface area contributed by atoms with E-state index in [0.29, 0.717) is 18.0 Å². The number of nitrogens with zero attached hydrogens (tertiary/aromatic N) is 1. The molecule has 0 unspecified atom stereocenters. The van der Waals surface area contributed by atoms with E-state index in [-0.39, 0.29) is 24.7 Å². The summed E-state index contributed by atoms with van der Waals surface area (Å²) in [5.41, 5.74) is 5.02. The molecule has 2 amide bonds. The molecule has 0 spiro atoms. The Morgan fingerprint density at radius 3 is 2.30 bits per heavy atom. The Balaban J connectivity index is 1.41. The number of nitrogens with one attached hydrogen (secondary N) is 2. The molecular formula is C24H23N3O3. The second-order valence-electron chi connectivity index (χ2n) is 6.55. The van der Waals surface area contributed by atoms with Gasteiger partial charge in [-0.1, -0.05) is 60.7 Å². The van der Waals surface area contributed by atoms with Crippen molar-refractivity contribution in [2.24, 2.45) is 5.10 Å². The molecule has 0 atom stereocenters. The van der Waals surface area contributed by atoms with Crippen LogP contribution in [0.15, 0.2) is 90.0 Å². The summed E-state index contributed by atoms with van der Waals surface area (Å²) in [6.45, 7) is 0.475. The highest BCUT2D eigenvalue weighted by Crippen LogP contribution is 2.14. The third-order valence-electron chi connectivity index (χ3n) is 4.15. The van der Waals surface area contributed by atoms with E-state index in [2.05, 4.69) is 15.8 Å². The van der Waals surface area contributed by atoms with Crippen LogP contribution in [0.1, 0.15) is 24.0 Å². The van der Waals surface area contributed by atoms with Crippen LogP contribution in [0.5, 0.6) is 5.75 Å². The minimum atomic E-state index is -0.328. The Kier molecular flexibility index (Phi) is 7.74. The van der Waals surface area contributed by atoms with Crippen molar-refractivity contribution in [3.05, 3.63) is 96.1 Å². The summed E-state index contributed by atoms with van der Waals surface area (Å²) in [5.74, 6) is 0.168. The maximum Gasteiger partial charge on any atom is 0.240 e. The smallest absolute Gasteiger partial charge is 0.240 e. The lowest BCUT2D eigenvalue weighted by atomic mass is 10.2. The normalized spacial score (nSPS) is 10.5. The van der Waals surface area contributed by atoms with Crippen molar-refractivity contribution in [1.82, 2.24) is 5.43 Å². The number of anilines is 1. The van der Waals surface area contributed by atoms with Crippen molar-refractivity contribution in [1.29, 1.82) is 0 Å². The van der Waals surface area contributed by atoms with Crippen LogP contribution in [0, 0.1) is 0 Å². The van der Waals surface area contributed by atoms with Crippen molar-refractivity contribution < 1.29 is 14.3 Å². The van der Waals surface area contributed by atoms with Gasteiger partial charge in [0, 0.05) is 18.5 Å². The molecular weight excluding hydrogens is 378 g/mol. The van der Waals surface area contributed by atoms with E-state index >= 15 is 0 Å². The highest BCUT2D eigenvalue weighted by Gasteiger charge is 2.06. The number of rotatable bonds is 9. The number of hydrogen-bond acceptors (Lipinski definition) is 4. The van der Waals surface area contributed by atoms with Gasteiger partial charge in [0.2, 0.25) is 11.8 Å². The summed E-state index contributed by atoms with van der Waals surface area (Å²) in [4.78, 5) is 23.8. The summed E-state index contributed by atoms with van der Waals surface area (Å²) >= 11 is 0. The van der Waals surface area contributed by atoms with Crippen LogP contribution in [0.4, 0.5) is 5.69 Å². The van der Waals surface area contributed by atoms with Gasteiger partial charge in [-0.3, -0.25) is 9.59 Å². The van der Waals surface area contributed by atoms with Crippen LogP contribution in [0.25, 0.3) is 0 Å². The molecule has 152 valence electrons. The zero-order valence-electron chi connectivity index (χ0n) is 16.5. The molecule has 2 N–H and O–H groups in total. The number of carbonyl (C=O) groups excluding carboxylic acids is 2. The van der Waals surface area contributed by atoms with Gasteiger partial charge in [-0.25, -0.2) is 5.43 Å². The zero-order chi connectivity index (χ0) is 21.0. The topological polar surface area (TPSA) is 79.8 Å². The van der Waals surface area contributed by atoms with Crippen LogP contribution in [0.3, 0.4) is 0 Å². The van der Waals surface area contributed by atoms with E-state index in [9.17, 15) is 9.59 Å². The molecule has 3 aromatic rings. The van der Waals surface area contributed by atoms with Gasteiger partial charge in [0.15, 0.2) is 0 Å². The van der Waals surface area contributed by atoms with Crippen molar-refractivity contribution in [2.75, 3.05) is 5.32 Å². The fraction of sp³-hybridized carbons (Fsp3) is 0.125. The van der Waals surface area contributed by atoms with Crippen molar-refractivity contribution in [3.63, 3.8) is 0 Å². The van der Waals surface area contributed by atoms with Crippen molar-refractivity contribution in [3.8, 4) is 5.75 Å². The Hall–Kier alpha value is -3.93. The highest BCUT2D eigenvalue weighted by molar-refractivity contribution is 5.93. The first-order chi connectivity index (χ1) is 14.7. The van der Waals surface area contributed by atoms with Crippen LogP contribution in [0.2, 0.25) is 0 Å². The molecule has 0 saturated heterocycles. The van der Waals surface area contributed by atoms with E-state index < -0.39 is 0 Å². The van der Waals surface area contributed by atoms with Crippen LogP contribution < -0.4 is 15.5 Å². The highest BCUT2D eigenvalue weighted by atomic mass is 16.5. The zero-order valence-corrected chi connectivity index (χ0v) is 16.5. The molecule has 0 aliphatic carbocycles. The first-order valence-corrected chi connectivity index (χ1v) is 9.62. The number of benzene rings is 3. The third-order valence-corrected chi connectivity index (χ3v) is 4.15. The van der Waals surface area contributed by atoms with E-state index in [4.69, 9.17) is 4.74 Å². The maximum absolute atomic E-state index is 11.9. The summed E-state index contributed by atoms with van der Waals surface area (Å²) in [5, 5.41) is 6.69. The molecule has 0 heterocycles. The predicted octanol–water partition coefficient (Wildman–Crippen LogP) is 4.13. The number of hydrogen-bond donors (Lipinski definition) is 2. The molecule has 0 aliphatic heterocycles. The first kappa shape index (κ1) is 20.8. The van der Waals surface area contributed by atoms with E-state index in [1.807, 2.05) is 72.8 Å². The SMILES string of the molecule is O=C(CCC(=O)Nc1ccccc1)N/N=C\c1cccc(OCc2ccccc2)c1. The van der Waals surface area contributed by atoms with Gasteiger partial charge in [0.1, 0.15) is 12.4 Å². The number of hydrazone groups is 1. The molecule has 0 saturated carbocycles. The van der Waals surface area contributed by atoms with Crippen LogP contribution in [-0.2, 0) is 16.2 Å². The standard InChI is InChI=1S/C24H23N3O3/c28-23(26-21-11-5-2-6-12-21)14-15-24(29)27-25-17-20-10-7-13-22(16-20)30-18-19-8-3-1-4-9-19/h1-13,16-17H,14-15,18H2,(H,26,28)(H,27,29)/b25-17-. The Morgan fingerprint density at radius 1 is 0.833 bits per heavy atom. The number of para-hydroxylation sites is 1. The fourth-order valence-corrected chi connectivity index (χ4v) is 2.63. The lowest BCUT2D eigenvalue weighted by Crippen LogP contribution is -2.20. The second-order valence-corrected chi connectivity index (χ2v) is 6.55. The van der Waals surface area contributed by atoms with Crippen LogP contribution in [-0.4, -0.2) is 18.0 Å². The average molecular weight is 401 g/mol.